The maximum absolute atomic E-state index is 13.2. The van der Waals surface area contributed by atoms with E-state index in [1.807, 2.05) is 29.7 Å². The van der Waals surface area contributed by atoms with E-state index in [1.54, 1.807) is 18.2 Å². The normalized spacial score (nSPS) is 17.4. The first-order valence-corrected chi connectivity index (χ1v) is 13.7. The molecule has 186 valence electrons. The standard InChI is InChI=1S/C25H29N3O5S2/c1-4-14-28-22-13-10-20(33-5-2)16-23(22)34-25(28)26-24(29)18-7-6-15-27(17-18)35(30,31)21-11-8-19(32-3)9-12-21/h4,8-13,16,18H,1,5-7,14-15,17H2,2-3H3. The molecule has 4 rings (SSSR count). The molecule has 0 aliphatic carbocycles. The van der Waals surface area contributed by atoms with E-state index in [9.17, 15) is 13.2 Å². The van der Waals surface area contributed by atoms with Gasteiger partial charge in [-0.2, -0.15) is 9.30 Å². The summed E-state index contributed by atoms with van der Waals surface area (Å²) in [7, 11) is -2.19. The summed E-state index contributed by atoms with van der Waals surface area (Å²) in [6.07, 6.45) is 2.95. The van der Waals surface area contributed by atoms with Crippen LogP contribution in [-0.4, -0.2) is 50.0 Å². The second-order valence-electron chi connectivity index (χ2n) is 8.17. The summed E-state index contributed by atoms with van der Waals surface area (Å²) in [5, 5.41) is 0. The molecule has 0 radical (unpaired) electrons. The van der Waals surface area contributed by atoms with E-state index in [0.717, 1.165) is 16.0 Å². The van der Waals surface area contributed by atoms with Gasteiger partial charge in [-0.25, -0.2) is 8.42 Å². The van der Waals surface area contributed by atoms with Crippen molar-refractivity contribution in [1.82, 2.24) is 8.87 Å². The van der Waals surface area contributed by atoms with Crippen molar-refractivity contribution < 1.29 is 22.7 Å². The Morgan fingerprint density at radius 1 is 1.23 bits per heavy atom. The minimum Gasteiger partial charge on any atom is -0.497 e. The van der Waals surface area contributed by atoms with Crippen LogP contribution >= 0.6 is 11.3 Å². The summed E-state index contributed by atoms with van der Waals surface area (Å²) in [6.45, 7) is 7.31. The molecule has 10 heteroatoms. The van der Waals surface area contributed by atoms with Gasteiger partial charge < -0.3 is 14.0 Å². The highest BCUT2D eigenvalue weighted by molar-refractivity contribution is 7.89. The number of benzene rings is 2. The van der Waals surface area contributed by atoms with Gasteiger partial charge in [-0.05, 0) is 62.2 Å². The highest BCUT2D eigenvalue weighted by Crippen LogP contribution is 2.27. The number of fused-ring (bicyclic) bond motifs is 1. The van der Waals surface area contributed by atoms with E-state index >= 15 is 0 Å². The predicted octanol–water partition coefficient (Wildman–Crippen LogP) is 3.82. The number of thiazole rings is 1. The molecule has 1 aliphatic heterocycles. The Hall–Kier alpha value is -2.95. The molecule has 1 amide bonds. The number of carbonyl (C=O) groups is 1. The third-order valence-corrected chi connectivity index (χ3v) is 8.83. The lowest BCUT2D eigenvalue weighted by atomic mass is 9.99. The zero-order valence-electron chi connectivity index (χ0n) is 19.8. The molecular weight excluding hydrogens is 486 g/mol. The van der Waals surface area contributed by atoms with Gasteiger partial charge in [0.1, 0.15) is 11.5 Å². The quantitative estimate of drug-likeness (QED) is 0.426. The molecule has 2 heterocycles. The summed E-state index contributed by atoms with van der Waals surface area (Å²) >= 11 is 1.41. The fourth-order valence-corrected chi connectivity index (χ4v) is 6.74. The molecule has 2 aromatic carbocycles. The minimum atomic E-state index is -3.72. The number of sulfonamides is 1. The predicted molar refractivity (Wildman–Crippen MR) is 136 cm³/mol. The number of methoxy groups -OCH3 is 1. The van der Waals surface area contributed by atoms with Crippen LogP contribution in [-0.2, 0) is 21.4 Å². The van der Waals surface area contributed by atoms with Gasteiger partial charge in [0.2, 0.25) is 10.0 Å². The van der Waals surface area contributed by atoms with Crippen molar-refractivity contribution in [2.75, 3.05) is 26.8 Å². The Kier molecular flexibility index (Phi) is 7.73. The number of aromatic nitrogens is 1. The topological polar surface area (TPSA) is 90.2 Å². The first-order valence-electron chi connectivity index (χ1n) is 11.5. The average molecular weight is 516 g/mol. The monoisotopic (exact) mass is 515 g/mol. The van der Waals surface area contributed by atoms with Gasteiger partial charge in [0.05, 0.1) is 34.7 Å². The second kappa shape index (κ2) is 10.8. The van der Waals surface area contributed by atoms with Crippen molar-refractivity contribution in [3.63, 3.8) is 0 Å². The van der Waals surface area contributed by atoms with E-state index in [0.29, 0.717) is 43.1 Å². The molecule has 1 saturated heterocycles. The van der Waals surface area contributed by atoms with Crippen molar-refractivity contribution in [3.8, 4) is 11.5 Å². The molecule has 8 nitrogen and oxygen atoms in total. The van der Waals surface area contributed by atoms with Gasteiger partial charge in [-0.15, -0.1) is 6.58 Å². The number of nitrogens with zero attached hydrogens (tertiary/aromatic N) is 3. The van der Waals surface area contributed by atoms with E-state index < -0.39 is 15.9 Å². The number of amides is 1. The molecular formula is C25H29N3O5S2. The van der Waals surface area contributed by atoms with Crippen LogP contribution in [0.25, 0.3) is 10.2 Å². The molecule has 35 heavy (non-hydrogen) atoms. The fraction of sp³-hybridized carbons (Fsp3) is 0.360. The SMILES string of the molecule is C=CCn1c(=NC(=O)C2CCCN(S(=O)(=O)c3ccc(OC)cc3)C2)sc2cc(OCC)ccc21. The van der Waals surface area contributed by atoms with Crippen LogP contribution in [0.2, 0.25) is 0 Å². The van der Waals surface area contributed by atoms with Crippen molar-refractivity contribution >= 4 is 37.5 Å². The van der Waals surface area contributed by atoms with Gasteiger partial charge in [0.25, 0.3) is 5.91 Å². The number of hydrogen-bond donors (Lipinski definition) is 0. The van der Waals surface area contributed by atoms with Gasteiger partial charge in [-0.3, -0.25) is 4.79 Å². The van der Waals surface area contributed by atoms with Crippen LogP contribution in [0.4, 0.5) is 0 Å². The Labute approximate surface area is 209 Å². The molecule has 1 aromatic heterocycles. The van der Waals surface area contributed by atoms with Crippen LogP contribution in [0.5, 0.6) is 11.5 Å². The lowest BCUT2D eigenvalue weighted by molar-refractivity contribution is -0.122. The number of carbonyl (C=O) groups excluding carboxylic acids is 1. The maximum Gasteiger partial charge on any atom is 0.252 e. The fourth-order valence-electron chi connectivity index (χ4n) is 4.15. The Morgan fingerprint density at radius 2 is 1.97 bits per heavy atom. The lowest BCUT2D eigenvalue weighted by Gasteiger charge is -2.30. The zero-order valence-corrected chi connectivity index (χ0v) is 21.5. The molecule has 0 N–H and O–H groups in total. The molecule has 1 aliphatic rings. The number of hydrogen-bond acceptors (Lipinski definition) is 6. The van der Waals surface area contributed by atoms with E-state index in [-0.39, 0.29) is 17.3 Å². The largest absolute Gasteiger partial charge is 0.497 e. The van der Waals surface area contributed by atoms with Crippen molar-refractivity contribution in [3.05, 3.63) is 59.9 Å². The van der Waals surface area contributed by atoms with E-state index in [2.05, 4.69) is 11.6 Å². The van der Waals surface area contributed by atoms with Gasteiger partial charge >= 0.3 is 0 Å². The number of ether oxygens (including phenoxy) is 2. The van der Waals surface area contributed by atoms with Crippen molar-refractivity contribution in [2.45, 2.75) is 31.2 Å². The number of allylic oxidation sites excluding steroid dienone is 1. The van der Waals surface area contributed by atoms with E-state index in [1.165, 1.54) is 34.9 Å². The van der Waals surface area contributed by atoms with E-state index in [4.69, 9.17) is 9.47 Å². The van der Waals surface area contributed by atoms with Gasteiger partial charge in [0.15, 0.2) is 4.80 Å². The first-order chi connectivity index (χ1) is 16.9. The summed E-state index contributed by atoms with van der Waals surface area (Å²) in [4.78, 5) is 18.4. The first kappa shape index (κ1) is 25.2. The smallest absolute Gasteiger partial charge is 0.252 e. The van der Waals surface area contributed by atoms with Gasteiger partial charge in [0, 0.05) is 19.6 Å². The molecule has 0 saturated carbocycles. The molecule has 0 bridgehead atoms. The Balaban J connectivity index is 1.61. The summed E-state index contributed by atoms with van der Waals surface area (Å²) in [6, 6.07) is 12.1. The third kappa shape index (κ3) is 5.34. The van der Waals surface area contributed by atoms with Crippen molar-refractivity contribution in [2.24, 2.45) is 10.9 Å². The number of piperidine rings is 1. The Morgan fingerprint density at radius 3 is 2.66 bits per heavy atom. The summed E-state index contributed by atoms with van der Waals surface area (Å²) in [5.74, 6) is 0.530. The van der Waals surface area contributed by atoms with Gasteiger partial charge in [-0.1, -0.05) is 17.4 Å². The highest BCUT2D eigenvalue weighted by Gasteiger charge is 2.33. The van der Waals surface area contributed by atoms with Crippen LogP contribution in [0.3, 0.4) is 0 Å². The molecule has 1 atom stereocenters. The second-order valence-corrected chi connectivity index (χ2v) is 11.1. The van der Waals surface area contributed by atoms with Crippen LogP contribution < -0.4 is 14.3 Å². The number of rotatable bonds is 8. The third-order valence-electron chi connectivity index (χ3n) is 5.91. The minimum absolute atomic E-state index is 0.109. The molecule has 0 spiro atoms. The summed E-state index contributed by atoms with van der Waals surface area (Å²) in [5.41, 5.74) is 0.942. The molecule has 3 aromatic rings. The molecule has 1 fully saturated rings. The zero-order chi connectivity index (χ0) is 25.0. The van der Waals surface area contributed by atoms with Crippen LogP contribution in [0.1, 0.15) is 19.8 Å². The van der Waals surface area contributed by atoms with Crippen LogP contribution in [0, 0.1) is 5.92 Å². The maximum atomic E-state index is 13.2. The average Bonchev–Trinajstić information content (AvgIpc) is 3.20. The Bertz CT molecular complexity index is 1390. The summed E-state index contributed by atoms with van der Waals surface area (Å²) < 4.78 is 41.3. The van der Waals surface area contributed by atoms with Crippen LogP contribution in [0.15, 0.2) is 65.0 Å². The van der Waals surface area contributed by atoms with Crippen molar-refractivity contribution in [1.29, 1.82) is 0 Å². The lowest BCUT2D eigenvalue weighted by Crippen LogP contribution is -2.42. The molecule has 1 unspecified atom stereocenters. The highest BCUT2D eigenvalue weighted by atomic mass is 32.2.